The molecule has 0 fully saturated rings. The SMILES string of the molecule is CNC(c1cc(F)cc(F)c1)c1scnc1C. The Morgan fingerprint density at radius 3 is 2.35 bits per heavy atom. The van der Waals surface area contributed by atoms with E-state index in [1.165, 1.54) is 23.5 Å². The Bertz CT molecular complexity index is 505. The van der Waals surface area contributed by atoms with Crippen molar-refractivity contribution in [1.29, 1.82) is 0 Å². The zero-order chi connectivity index (χ0) is 12.4. The van der Waals surface area contributed by atoms with Crippen LogP contribution in [0, 0.1) is 18.6 Å². The number of halogens is 2. The average molecular weight is 254 g/mol. The number of thiazole rings is 1. The highest BCUT2D eigenvalue weighted by atomic mass is 32.1. The lowest BCUT2D eigenvalue weighted by Gasteiger charge is -2.16. The molecule has 0 radical (unpaired) electrons. The Kier molecular flexibility index (Phi) is 3.49. The zero-order valence-electron chi connectivity index (χ0n) is 9.50. The minimum Gasteiger partial charge on any atom is -0.309 e. The Balaban J connectivity index is 2.45. The highest BCUT2D eigenvalue weighted by Crippen LogP contribution is 2.28. The van der Waals surface area contributed by atoms with Gasteiger partial charge in [-0.1, -0.05) is 0 Å². The summed E-state index contributed by atoms with van der Waals surface area (Å²) in [5.41, 5.74) is 3.17. The van der Waals surface area contributed by atoms with Crippen LogP contribution in [0.5, 0.6) is 0 Å². The molecule has 2 nitrogen and oxygen atoms in total. The maximum absolute atomic E-state index is 13.2. The van der Waals surface area contributed by atoms with Gasteiger partial charge >= 0.3 is 0 Å². The van der Waals surface area contributed by atoms with Gasteiger partial charge in [-0.25, -0.2) is 13.8 Å². The van der Waals surface area contributed by atoms with Gasteiger partial charge in [0, 0.05) is 10.9 Å². The lowest BCUT2D eigenvalue weighted by atomic mass is 10.0. The second-order valence-electron chi connectivity index (χ2n) is 3.73. The van der Waals surface area contributed by atoms with Gasteiger partial charge < -0.3 is 5.32 Å². The number of nitrogens with zero attached hydrogens (tertiary/aromatic N) is 1. The molecule has 0 bridgehead atoms. The molecular weight excluding hydrogens is 242 g/mol. The standard InChI is InChI=1S/C12H12F2N2S/c1-7-12(17-6-16-7)11(15-2)8-3-9(13)5-10(14)4-8/h3-6,11,15H,1-2H3. The molecule has 0 saturated heterocycles. The maximum atomic E-state index is 13.2. The molecule has 1 N–H and O–H groups in total. The fourth-order valence-corrected chi connectivity index (χ4v) is 2.72. The number of rotatable bonds is 3. The minimum absolute atomic E-state index is 0.229. The third-order valence-corrected chi connectivity index (χ3v) is 3.55. The molecule has 1 aromatic carbocycles. The molecule has 0 saturated carbocycles. The van der Waals surface area contributed by atoms with E-state index in [0.29, 0.717) is 5.56 Å². The second-order valence-corrected chi connectivity index (χ2v) is 4.61. The van der Waals surface area contributed by atoms with Crippen LogP contribution >= 0.6 is 11.3 Å². The van der Waals surface area contributed by atoms with Crippen molar-refractivity contribution in [2.45, 2.75) is 13.0 Å². The van der Waals surface area contributed by atoms with Crippen LogP contribution in [0.1, 0.15) is 22.2 Å². The Hall–Kier alpha value is -1.33. The first-order chi connectivity index (χ1) is 8.11. The van der Waals surface area contributed by atoms with Crippen LogP contribution in [0.15, 0.2) is 23.7 Å². The zero-order valence-corrected chi connectivity index (χ0v) is 10.3. The molecule has 5 heteroatoms. The van der Waals surface area contributed by atoms with Crippen molar-refractivity contribution in [3.05, 3.63) is 51.5 Å². The first-order valence-electron chi connectivity index (χ1n) is 5.15. The minimum atomic E-state index is -0.567. The van der Waals surface area contributed by atoms with E-state index in [0.717, 1.165) is 16.6 Å². The van der Waals surface area contributed by atoms with E-state index in [1.54, 1.807) is 12.6 Å². The number of nitrogens with one attached hydrogen (secondary N) is 1. The van der Waals surface area contributed by atoms with E-state index in [4.69, 9.17) is 0 Å². The highest BCUT2D eigenvalue weighted by molar-refractivity contribution is 7.09. The molecule has 0 amide bonds. The predicted molar refractivity (Wildman–Crippen MR) is 64.1 cm³/mol. The van der Waals surface area contributed by atoms with Crippen molar-refractivity contribution >= 4 is 11.3 Å². The molecular formula is C12H12F2N2S. The lowest BCUT2D eigenvalue weighted by Crippen LogP contribution is -2.17. The van der Waals surface area contributed by atoms with Gasteiger partial charge in [0.05, 0.1) is 17.2 Å². The van der Waals surface area contributed by atoms with E-state index in [1.807, 2.05) is 6.92 Å². The van der Waals surface area contributed by atoms with Crippen LogP contribution in [0.4, 0.5) is 8.78 Å². The van der Waals surface area contributed by atoms with Gasteiger partial charge in [-0.3, -0.25) is 0 Å². The number of aryl methyl sites for hydroxylation is 1. The van der Waals surface area contributed by atoms with Crippen molar-refractivity contribution in [3.63, 3.8) is 0 Å². The molecule has 17 heavy (non-hydrogen) atoms. The van der Waals surface area contributed by atoms with Crippen molar-refractivity contribution in [2.24, 2.45) is 0 Å². The topological polar surface area (TPSA) is 24.9 Å². The maximum Gasteiger partial charge on any atom is 0.126 e. The predicted octanol–water partition coefficient (Wildman–Crippen LogP) is 3.04. The molecule has 2 rings (SSSR count). The van der Waals surface area contributed by atoms with Gasteiger partial charge in [-0.15, -0.1) is 11.3 Å². The fraction of sp³-hybridized carbons (Fsp3) is 0.250. The summed E-state index contributed by atoms with van der Waals surface area (Å²) in [6, 6.07) is 3.32. The van der Waals surface area contributed by atoms with Gasteiger partial charge in [-0.05, 0) is 31.7 Å². The summed E-state index contributed by atoms with van der Waals surface area (Å²) in [4.78, 5) is 5.12. The first-order valence-corrected chi connectivity index (χ1v) is 6.03. The molecule has 0 aliphatic rings. The van der Waals surface area contributed by atoms with Crippen LogP contribution in [-0.4, -0.2) is 12.0 Å². The largest absolute Gasteiger partial charge is 0.309 e. The third-order valence-electron chi connectivity index (χ3n) is 2.55. The van der Waals surface area contributed by atoms with Crippen LogP contribution in [0.25, 0.3) is 0 Å². The van der Waals surface area contributed by atoms with Gasteiger partial charge in [-0.2, -0.15) is 0 Å². The van der Waals surface area contributed by atoms with Crippen LogP contribution in [0.3, 0.4) is 0 Å². The average Bonchev–Trinajstić information content (AvgIpc) is 2.65. The van der Waals surface area contributed by atoms with Gasteiger partial charge in [0.25, 0.3) is 0 Å². The fourth-order valence-electron chi connectivity index (χ4n) is 1.78. The van der Waals surface area contributed by atoms with Crippen LogP contribution < -0.4 is 5.32 Å². The van der Waals surface area contributed by atoms with Crippen LogP contribution in [0.2, 0.25) is 0 Å². The summed E-state index contributed by atoms with van der Waals surface area (Å²) >= 11 is 1.47. The molecule has 2 aromatic rings. The molecule has 0 spiro atoms. The molecule has 1 heterocycles. The third kappa shape index (κ3) is 2.50. The molecule has 1 atom stereocenters. The summed E-state index contributed by atoms with van der Waals surface area (Å²) < 4.78 is 26.4. The number of benzene rings is 1. The summed E-state index contributed by atoms with van der Waals surface area (Å²) in [6.07, 6.45) is 0. The smallest absolute Gasteiger partial charge is 0.126 e. The summed E-state index contributed by atoms with van der Waals surface area (Å²) in [7, 11) is 1.76. The summed E-state index contributed by atoms with van der Waals surface area (Å²) in [6.45, 7) is 1.88. The monoisotopic (exact) mass is 254 g/mol. The summed E-state index contributed by atoms with van der Waals surface area (Å²) in [5.74, 6) is -1.13. The van der Waals surface area contributed by atoms with Crippen molar-refractivity contribution in [3.8, 4) is 0 Å². The number of hydrogen-bond donors (Lipinski definition) is 1. The number of aromatic nitrogens is 1. The van der Waals surface area contributed by atoms with E-state index in [9.17, 15) is 8.78 Å². The summed E-state index contributed by atoms with van der Waals surface area (Å²) in [5, 5.41) is 3.05. The van der Waals surface area contributed by atoms with Gasteiger partial charge in [0.1, 0.15) is 11.6 Å². The first kappa shape index (κ1) is 12.1. The molecule has 1 unspecified atom stereocenters. The second kappa shape index (κ2) is 4.89. The van der Waals surface area contributed by atoms with E-state index >= 15 is 0 Å². The van der Waals surface area contributed by atoms with E-state index < -0.39 is 11.6 Å². The van der Waals surface area contributed by atoms with Crippen molar-refractivity contribution in [2.75, 3.05) is 7.05 Å². The Morgan fingerprint density at radius 1 is 1.24 bits per heavy atom. The van der Waals surface area contributed by atoms with Gasteiger partial charge in [0.2, 0.25) is 0 Å². The normalized spacial score (nSPS) is 12.7. The molecule has 1 aromatic heterocycles. The lowest BCUT2D eigenvalue weighted by molar-refractivity contribution is 0.572. The highest BCUT2D eigenvalue weighted by Gasteiger charge is 2.17. The van der Waals surface area contributed by atoms with Crippen LogP contribution in [-0.2, 0) is 0 Å². The van der Waals surface area contributed by atoms with Crippen molar-refractivity contribution in [1.82, 2.24) is 10.3 Å². The van der Waals surface area contributed by atoms with E-state index in [2.05, 4.69) is 10.3 Å². The van der Waals surface area contributed by atoms with Gasteiger partial charge in [0.15, 0.2) is 0 Å². The Labute approximate surface area is 102 Å². The Morgan fingerprint density at radius 2 is 1.88 bits per heavy atom. The van der Waals surface area contributed by atoms with Crippen molar-refractivity contribution < 1.29 is 8.78 Å². The van der Waals surface area contributed by atoms with E-state index in [-0.39, 0.29) is 6.04 Å². The number of hydrogen-bond acceptors (Lipinski definition) is 3. The molecule has 0 aliphatic carbocycles. The molecule has 0 aliphatic heterocycles. The molecule has 90 valence electrons. The quantitative estimate of drug-likeness (QED) is 0.910.